The molecule has 1 aromatic heterocycles. The number of Topliss-reactive ketones (excluding diaryl/α,β-unsaturated/α-hetero) is 1. The number of nitrogens with zero attached hydrogens (tertiary/aromatic N) is 1. The first-order chi connectivity index (χ1) is 7.69. The molecule has 0 spiro atoms. The van der Waals surface area contributed by atoms with Crippen LogP contribution in [0.4, 0.5) is 0 Å². The number of pyridine rings is 1. The van der Waals surface area contributed by atoms with Crippen molar-refractivity contribution in [3.05, 3.63) is 24.0 Å². The lowest BCUT2D eigenvalue weighted by atomic mass is 10.0. The lowest BCUT2D eigenvalue weighted by Crippen LogP contribution is -2.26. The molecule has 0 aromatic carbocycles. The van der Waals surface area contributed by atoms with E-state index in [9.17, 15) is 4.79 Å². The third kappa shape index (κ3) is 3.31. The number of hydrogen-bond donors (Lipinski definition) is 1. The Kier molecular flexibility index (Phi) is 4.92. The number of aromatic nitrogens is 1. The second-order valence-corrected chi connectivity index (χ2v) is 3.69. The van der Waals surface area contributed by atoms with Gasteiger partial charge in [-0.2, -0.15) is 0 Å². The fourth-order valence-corrected chi connectivity index (χ4v) is 1.40. The van der Waals surface area contributed by atoms with Crippen LogP contribution in [-0.2, 0) is 0 Å². The summed E-state index contributed by atoms with van der Waals surface area (Å²) in [4.78, 5) is 16.0. The molecular formula is C12H18N2O2. The van der Waals surface area contributed by atoms with Crippen LogP contribution in [0.5, 0.6) is 5.75 Å². The molecule has 4 nitrogen and oxygen atoms in total. The van der Waals surface area contributed by atoms with Gasteiger partial charge in [-0.25, -0.2) is 0 Å². The zero-order chi connectivity index (χ0) is 12.0. The number of carbonyl (C=O) groups excluding carboxylic acids is 1. The summed E-state index contributed by atoms with van der Waals surface area (Å²) in [7, 11) is 1.56. The van der Waals surface area contributed by atoms with Crippen LogP contribution in [0.15, 0.2) is 18.5 Å². The predicted molar refractivity (Wildman–Crippen MR) is 62.8 cm³/mol. The molecule has 1 atom stereocenters. The lowest BCUT2D eigenvalue weighted by molar-refractivity contribution is 0.0928. The largest absolute Gasteiger partial charge is 0.495 e. The molecular weight excluding hydrogens is 204 g/mol. The smallest absolute Gasteiger partial charge is 0.168 e. The molecule has 1 rings (SSSR count). The predicted octanol–water partition coefficient (Wildman–Crippen LogP) is 1.52. The van der Waals surface area contributed by atoms with Crippen LogP contribution in [0.3, 0.4) is 0 Å². The summed E-state index contributed by atoms with van der Waals surface area (Å²) in [6, 6.07) is 1.72. The highest BCUT2D eigenvalue weighted by Crippen LogP contribution is 2.13. The van der Waals surface area contributed by atoms with E-state index >= 15 is 0 Å². The van der Waals surface area contributed by atoms with Gasteiger partial charge in [0.05, 0.1) is 13.3 Å². The van der Waals surface area contributed by atoms with Crippen LogP contribution in [0, 0.1) is 5.92 Å². The highest BCUT2D eigenvalue weighted by Gasteiger charge is 2.15. The molecule has 0 saturated heterocycles. The molecule has 0 saturated carbocycles. The Morgan fingerprint density at radius 3 is 2.94 bits per heavy atom. The molecule has 0 aliphatic heterocycles. The van der Waals surface area contributed by atoms with Gasteiger partial charge in [-0.3, -0.25) is 9.78 Å². The standard InChI is InChI=1S/C12H18N2O2/c1-4-13-6-9(2)12(15)10-5-11(16-3)8-14-7-10/h5,7-9,13H,4,6H2,1-3H3. The second-order valence-electron chi connectivity index (χ2n) is 3.69. The summed E-state index contributed by atoms with van der Waals surface area (Å²) in [5, 5.41) is 3.15. The van der Waals surface area contributed by atoms with E-state index in [0.29, 0.717) is 17.9 Å². The van der Waals surface area contributed by atoms with E-state index in [2.05, 4.69) is 10.3 Å². The summed E-state index contributed by atoms with van der Waals surface area (Å²) in [5.74, 6) is 0.655. The minimum Gasteiger partial charge on any atom is -0.495 e. The Morgan fingerprint density at radius 2 is 2.31 bits per heavy atom. The van der Waals surface area contributed by atoms with Crippen LogP contribution >= 0.6 is 0 Å². The highest BCUT2D eigenvalue weighted by atomic mass is 16.5. The van der Waals surface area contributed by atoms with E-state index in [1.807, 2.05) is 13.8 Å². The number of hydrogen-bond acceptors (Lipinski definition) is 4. The highest BCUT2D eigenvalue weighted by molar-refractivity contribution is 5.97. The van der Waals surface area contributed by atoms with Crippen LogP contribution in [-0.4, -0.2) is 31.0 Å². The van der Waals surface area contributed by atoms with E-state index in [1.54, 1.807) is 25.6 Å². The van der Waals surface area contributed by atoms with Crippen LogP contribution in [0.1, 0.15) is 24.2 Å². The van der Waals surface area contributed by atoms with Crippen molar-refractivity contribution in [1.82, 2.24) is 10.3 Å². The molecule has 0 amide bonds. The van der Waals surface area contributed by atoms with Gasteiger partial charge in [0.2, 0.25) is 0 Å². The minimum absolute atomic E-state index is 0.0474. The first-order valence-corrected chi connectivity index (χ1v) is 5.43. The maximum atomic E-state index is 12.0. The van der Waals surface area contributed by atoms with Crippen molar-refractivity contribution in [2.24, 2.45) is 5.92 Å². The van der Waals surface area contributed by atoms with Crippen molar-refractivity contribution < 1.29 is 9.53 Å². The average Bonchev–Trinajstić information content (AvgIpc) is 2.35. The monoisotopic (exact) mass is 222 g/mol. The number of nitrogens with one attached hydrogen (secondary N) is 1. The van der Waals surface area contributed by atoms with Crippen LogP contribution < -0.4 is 10.1 Å². The third-order valence-corrected chi connectivity index (χ3v) is 2.38. The van der Waals surface area contributed by atoms with Gasteiger partial charge in [0, 0.05) is 24.2 Å². The van der Waals surface area contributed by atoms with Crippen LogP contribution in [0.25, 0.3) is 0 Å². The van der Waals surface area contributed by atoms with E-state index < -0.39 is 0 Å². The van der Waals surface area contributed by atoms with Gasteiger partial charge < -0.3 is 10.1 Å². The van der Waals surface area contributed by atoms with Gasteiger partial charge >= 0.3 is 0 Å². The molecule has 0 fully saturated rings. The number of ether oxygens (including phenoxy) is 1. The molecule has 0 aliphatic rings. The van der Waals surface area contributed by atoms with Crippen molar-refractivity contribution in [1.29, 1.82) is 0 Å². The zero-order valence-corrected chi connectivity index (χ0v) is 9.99. The molecule has 4 heteroatoms. The van der Waals surface area contributed by atoms with Gasteiger partial charge in [-0.05, 0) is 12.6 Å². The summed E-state index contributed by atoms with van der Waals surface area (Å²) >= 11 is 0. The molecule has 0 bridgehead atoms. The van der Waals surface area contributed by atoms with Crippen molar-refractivity contribution in [2.75, 3.05) is 20.2 Å². The minimum atomic E-state index is -0.0474. The molecule has 0 aliphatic carbocycles. The molecule has 0 radical (unpaired) electrons. The number of ketones is 1. The van der Waals surface area contributed by atoms with Gasteiger partial charge in [0.15, 0.2) is 5.78 Å². The molecule has 16 heavy (non-hydrogen) atoms. The van der Waals surface area contributed by atoms with E-state index in [1.165, 1.54) is 0 Å². The second kappa shape index (κ2) is 6.23. The fraction of sp³-hybridized carbons (Fsp3) is 0.500. The van der Waals surface area contributed by atoms with Crippen molar-refractivity contribution in [3.8, 4) is 5.75 Å². The van der Waals surface area contributed by atoms with Crippen molar-refractivity contribution in [2.45, 2.75) is 13.8 Å². The zero-order valence-electron chi connectivity index (χ0n) is 9.99. The lowest BCUT2D eigenvalue weighted by Gasteiger charge is -2.10. The Bertz CT molecular complexity index is 353. The maximum Gasteiger partial charge on any atom is 0.168 e. The first kappa shape index (κ1) is 12.6. The molecule has 1 unspecified atom stereocenters. The van der Waals surface area contributed by atoms with Crippen LogP contribution in [0.2, 0.25) is 0 Å². The van der Waals surface area contributed by atoms with Gasteiger partial charge in [-0.15, -0.1) is 0 Å². The molecule has 1 aromatic rings. The average molecular weight is 222 g/mol. The Hall–Kier alpha value is -1.42. The van der Waals surface area contributed by atoms with Gasteiger partial charge in [0.1, 0.15) is 5.75 Å². The first-order valence-electron chi connectivity index (χ1n) is 5.43. The topological polar surface area (TPSA) is 51.2 Å². The van der Waals surface area contributed by atoms with Crippen molar-refractivity contribution in [3.63, 3.8) is 0 Å². The number of methoxy groups -OCH3 is 1. The Labute approximate surface area is 96.0 Å². The van der Waals surface area contributed by atoms with E-state index in [0.717, 1.165) is 6.54 Å². The Balaban J connectivity index is 2.71. The molecule has 88 valence electrons. The molecule has 1 N–H and O–H groups in total. The molecule has 1 heterocycles. The number of rotatable bonds is 6. The Morgan fingerprint density at radius 1 is 1.56 bits per heavy atom. The normalized spacial score (nSPS) is 12.2. The maximum absolute atomic E-state index is 12.0. The number of carbonyl (C=O) groups is 1. The van der Waals surface area contributed by atoms with Gasteiger partial charge in [-0.1, -0.05) is 13.8 Å². The van der Waals surface area contributed by atoms with E-state index in [4.69, 9.17) is 4.74 Å². The summed E-state index contributed by atoms with van der Waals surface area (Å²) in [6.45, 7) is 5.48. The quantitative estimate of drug-likeness (QED) is 0.741. The summed E-state index contributed by atoms with van der Waals surface area (Å²) in [5.41, 5.74) is 0.602. The van der Waals surface area contributed by atoms with Crippen molar-refractivity contribution >= 4 is 5.78 Å². The summed E-state index contributed by atoms with van der Waals surface area (Å²) < 4.78 is 5.04. The van der Waals surface area contributed by atoms with Gasteiger partial charge in [0.25, 0.3) is 0 Å². The SMILES string of the molecule is CCNCC(C)C(=O)c1cncc(OC)c1. The third-order valence-electron chi connectivity index (χ3n) is 2.38. The summed E-state index contributed by atoms with van der Waals surface area (Å²) in [6.07, 6.45) is 3.17. The fourth-order valence-electron chi connectivity index (χ4n) is 1.40. The van der Waals surface area contributed by atoms with E-state index in [-0.39, 0.29) is 11.7 Å².